The third-order valence-corrected chi connectivity index (χ3v) is 8.25. The largest absolute Gasteiger partial charge is 0.457 e. The number of benzene rings is 3. The van der Waals surface area contributed by atoms with E-state index in [0.29, 0.717) is 0 Å². The standard InChI is InChI=1S/C34H20N4O/c1-4-12-28-22(8-1)23-15-17-35-20-29(23)38(28)21-18-27-33(37-19-21)32-26(11-7-16-36-32)34(27)24-9-2-5-13-30(24)39-31-14-6-3-10-25(31)34/h1-20H. The van der Waals surface area contributed by atoms with E-state index in [4.69, 9.17) is 14.7 Å². The minimum absolute atomic E-state index is 0.607. The molecule has 4 aromatic heterocycles. The van der Waals surface area contributed by atoms with E-state index in [9.17, 15) is 0 Å². The number of pyridine rings is 3. The lowest BCUT2D eigenvalue weighted by Crippen LogP contribution is -2.32. The van der Waals surface area contributed by atoms with Crippen LogP contribution in [0.25, 0.3) is 38.9 Å². The predicted molar refractivity (Wildman–Crippen MR) is 152 cm³/mol. The lowest BCUT2D eigenvalue weighted by atomic mass is 9.66. The van der Waals surface area contributed by atoms with Crippen molar-refractivity contribution in [3.8, 4) is 28.6 Å². The number of rotatable bonds is 1. The molecule has 0 N–H and O–H groups in total. The average molecular weight is 501 g/mol. The smallest absolute Gasteiger partial charge is 0.132 e. The molecular weight excluding hydrogens is 480 g/mol. The van der Waals surface area contributed by atoms with Crippen LogP contribution >= 0.6 is 0 Å². The van der Waals surface area contributed by atoms with Gasteiger partial charge in [0.25, 0.3) is 0 Å². The van der Waals surface area contributed by atoms with Gasteiger partial charge < -0.3 is 9.30 Å². The van der Waals surface area contributed by atoms with Crippen LogP contribution in [-0.2, 0) is 5.41 Å². The molecule has 7 aromatic rings. The van der Waals surface area contributed by atoms with Gasteiger partial charge in [0.05, 0.1) is 45.9 Å². The van der Waals surface area contributed by atoms with E-state index in [2.05, 4.69) is 88.4 Å². The second kappa shape index (κ2) is 7.39. The molecule has 1 aliphatic heterocycles. The van der Waals surface area contributed by atoms with E-state index in [1.807, 2.05) is 43.0 Å². The van der Waals surface area contributed by atoms with E-state index < -0.39 is 5.41 Å². The highest BCUT2D eigenvalue weighted by Gasteiger charge is 2.52. The molecule has 0 atom stereocenters. The van der Waals surface area contributed by atoms with Gasteiger partial charge in [0.1, 0.15) is 11.5 Å². The number of hydrogen-bond acceptors (Lipinski definition) is 4. The van der Waals surface area contributed by atoms with Crippen LogP contribution in [0.4, 0.5) is 0 Å². The van der Waals surface area contributed by atoms with Crippen LogP contribution in [0.3, 0.4) is 0 Å². The highest BCUT2D eigenvalue weighted by atomic mass is 16.5. The molecule has 5 nitrogen and oxygen atoms in total. The molecule has 39 heavy (non-hydrogen) atoms. The van der Waals surface area contributed by atoms with Crippen molar-refractivity contribution in [2.24, 2.45) is 0 Å². The van der Waals surface area contributed by atoms with Crippen LogP contribution < -0.4 is 4.74 Å². The van der Waals surface area contributed by atoms with Crippen LogP contribution in [0.5, 0.6) is 11.5 Å². The maximum atomic E-state index is 6.46. The summed E-state index contributed by atoms with van der Waals surface area (Å²) < 4.78 is 8.73. The Morgan fingerprint density at radius 1 is 0.564 bits per heavy atom. The molecule has 0 unspecified atom stereocenters. The van der Waals surface area contributed by atoms with Crippen LogP contribution in [0.1, 0.15) is 22.3 Å². The number of hydrogen-bond donors (Lipinski definition) is 0. The molecule has 1 aliphatic carbocycles. The Hall–Kier alpha value is -5.29. The summed E-state index contributed by atoms with van der Waals surface area (Å²) in [5.41, 5.74) is 8.79. The Kier molecular flexibility index (Phi) is 3.93. The molecule has 1 spiro atoms. The van der Waals surface area contributed by atoms with E-state index in [1.165, 1.54) is 10.8 Å². The first-order valence-corrected chi connectivity index (χ1v) is 13.0. The van der Waals surface area contributed by atoms with E-state index in [1.54, 1.807) is 0 Å². The molecule has 0 amide bonds. The lowest BCUT2D eigenvalue weighted by molar-refractivity contribution is 0.436. The predicted octanol–water partition coefficient (Wildman–Crippen LogP) is 7.44. The zero-order valence-electron chi connectivity index (χ0n) is 20.7. The van der Waals surface area contributed by atoms with Gasteiger partial charge in [0.15, 0.2) is 0 Å². The van der Waals surface area contributed by atoms with Crippen LogP contribution in [-0.4, -0.2) is 19.5 Å². The van der Waals surface area contributed by atoms with Crippen molar-refractivity contribution in [2.45, 2.75) is 5.41 Å². The van der Waals surface area contributed by atoms with Gasteiger partial charge in [-0.25, -0.2) is 0 Å². The van der Waals surface area contributed by atoms with E-state index in [-0.39, 0.29) is 0 Å². The highest BCUT2D eigenvalue weighted by molar-refractivity contribution is 6.09. The van der Waals surface area contributed by atoms with Crippen molar-refractivity contribution in [2.75, 3.05) is 0 Å². The van der Waals surface area contributed by atoms with Crippen molar-refractivity contribution < 1.29 is 4.74 Å². The van der Waals surface area contributed by atoms with Gasteiger partial charge in [-0.05, 0) is 42.0 Å². The molecular formula is C34H20N4O. The van der Waals surface area contributed by atoms with Crippen LogP contribution in [0.15, 0.2) is 122 Å². The lowest BCUT2D eigenvalue weighted by Gasteiger charge is -2.38. The first kappa shape index (κ1) is 20.7. The number of aromatic nitrogens is 4. The Morgan fingerprint density at radius 3 is 2.10 bits per heavy atom. The molecule has 5 heteroatoms. The zero-order chi connectivity index (χ0) is 25.6. The molecule has 3 aromatic carbocycles. The molecule has 2 aliphatic rings. The molecule has 0 saturated carbocycles. The Balaban J connectivity index is 1.43. The monoisotopic (exact) mass is 500 g/mol. The number of ether oxygens (including phenoxy) is 1. The van der Waals surface area contributed by atoms with Crippen molar-refractivity contribution in [3.05, 3.63) is 144 Å². The van der Waals surface area contributed by atoms with Crippen molar-refractivity contribution in [1.29, 1.82) is 0 Å². The molecule has 182 valence electrons. The van der Waals surface area contributed by atoms with Gasteiger partial charge in [-0.1, -0.05) is 60.7 Å². The molecule has 0 saturated heterocycles. The Labute approximate surface area is 224 Å². The molecule has 0 radical (unpaired) electrons. The summed E-state index contributed by atoms with van der Waals surface area (Å²) in [4.78, 5) is 14.5. The molecule has 0 bridgehead atoms. The summed E-state index contributed by atoms with van der Waals surface area (Å²) in [6.07, 6.45) is 7.61. The molecule has 9 rings (SSSR count). The fraction of sp³-hybridized carbons (Fsp3) is 0.0294. The van der Waals surface area contributed by atoms with Crippen molar-refractivity contribution in [3.63, 3.8) is 0 Å². The summed E-state index contributed by atoms with van der Waals surface area (Å²) >= 11 is 0. The minimum Gasteiger partial charge on any atom is -0.457 e. The fourth-order valence-electron chi connectivity index (χ4n) is 6.76. The minimum atomic E-state index is -0.607. The summed E-state index contributed by atoms with van der Waals surface area (Å²) in [5, 5.41) is 2.36. The van der Waals surface area contributed by atoms with Gasteiger partial charge in [0, 0.05) is 39.9 Å². The van der Waals surface area contributed by atoms with Crippen molar-refractivity contribution in [1.82, 2.24) is 19.5 Å². The van der Waals surface area contributed by atoms with Gasteiger partial charge in [-0.15, -0.1) is 0 Å². The van der Waals surface area contributed by atoms with Gasteiger partial charge in [-0.2, -0.15) is 0 Å². The maximum absolute atomic E-state index is 6.46. The molecule has 0 fully saturated rings. The highest BCUT2D eigenvalue weighted by Crippen LogP contribution is 2.61. The van der Waals surface area contributed by atoms with Gasteiger partial charge in [-0.3, -0.25) is 15.0 Å². The number of fused-ring (bicyclic) bond motifs is 12. The summed E-state index contributed by atoms with van der Waals surface area (Å²) in [7, 11) is 0. The van der Waals surface area contributed by atoms with Gasteiger partial charge >= 0.3 is 0 Å². The zero-order valence-corrected chi connectivity index (χ0v) is 20.7. The first-order chi connectivity index (χ1) is 19.4. The topological polar surface area (TPSA) is 52.8 Å². The van der Waals surface area contributed by atoms with Crippen molar-refractivity contribution >= 4 is 21.8 Å². The van der Waals surface area contributed by atoms with E-state index >= 15 is 0 Å². The van der Waals surface area contributed by atoms with E-state index in [0.717, 1.165) is 61.9 Å². The van der Waals surface area contributed by atoms with Crippen LogP contribution in [0.2, 0.25) is 0 Å². The second-order valence-corrected chi connectivity index (χ2v) is 10.1. The normalized spacial score (nSPS) is 14.1. The number of nitrogens with zero attached hydrogens (tertiary/aromatic N) is 4. The summed E-state index contributed by atoms with van der Waals surface area (Å²) in [6.45, 7) is 0. The third kappa shape index (κ3) is 2.52. The Bertz CT molecular complexity index is 2030. The van der Waals surface area contributed by atoms with Gasteiger partial charge in [0.2, 0.25) is 0 Å². The third-order valence-electron chi connectivity index (χ3n) is 8.25. The maximum Gasteiger partial charge on any atom is 0.132 e. The number of para-hydroxylation sites is 3. The quantitative estimate of drug-likeness (QED) is 0.235. The fourth-order valence-corrected chi connectivity index (χ4v) is 6.76. The first-order valence-electron chi connectivity index (χ1n) is 13.0. The van der Waals surface area contributed by atoms with Crippen LogP contribution in [0, 0.1) is 0 Å². The summed E-state index contributed by atoms with van der Waals surface area (Å²) in [6, 6.07) is 33.8. The SMILES string of the molecule is c1ccc2c(c1)Oc1ccccc1C21c2cccnc2-c2ncc(-n3c4ccccc4c4ccncc43)cc21. The summed E-state index contributed by atoms with van der Waals surface area (Å²) in [5.74, 6) is 1.70. The average Bonchev–Trinajstić information content (AvgIpc) is 3.48. The second-order valence-electron chi connectivity index (χ2n) is 10.1. The Morgan fingerprint density at radius 2 is 1.26 bits per heavy atom. The molecule has 5 heterocycles.